The average Bonchev–Trinajstić information content (AvgIpc) is 3.20. The lowest BCUT2D eigenvalue weighted by Gasteiger charge is -2.17. The first kappa shape index (κ1) is 23.7. The number of imidazole rings is 1. The molecule has 2 N–H and O–H groups in total. The smallest absolute Gasteiger partial charge is 0.304 e. The topological polar surface area (TPSA) is 89.3 Å². The normalized spacial score (nSPS) is 13.7. The SMILES string of the molecule is COc1ccc([C@@H](CC(=O)O)c2nc(CCCCc3ccc4c(n3)NCCC4)cn2C)cc1F. The van der Waals surface area contributed by atoms with Crippen molar-refractivity contribution in [3.63, 3.8) is 0 Å². The molecule has 0 amide bonds. The number of unbranched alkanes of at least 4 members (excludes halogenated alkanes) is 1. The van der Waals surface area contributed by atoms with Crippen molar-refractivity contribution < 1.29 is 19.0 Å². The van der Waals surface area contributed by atoms with Crippen molar-refractivity contribution in [2.75, 3.05) is 19.0 Å². The number of aromatic nitrogens is 3. The Morgan fingerprint density at radius 3 is 2.74 bits per heavy atom. The molecule has 180 valence electrons. The maximum Gasteiger partial charge on any atom is 0.304 e. The molecular weight excluding hydrogens is 435 g/mol. The van der Waals surface area contributed by atoms with E-state index in [9.17, 15) is 14.3 Å². The van der Waals surface area contributed by atoms with Crippen LogP contribution in [0.5, 0.6) is 5.75 Å². The third-order valence-corrected chi connectivity index (χ3v) is 6.30. The summed E-state index contributed by atoms with van der Waals surface area (Å²) >= 11 is 0. The Bertz CT molecular complexity index is 1160. The zero-order chi connectivity index (χ0) is 24.1. The van der Waals surface area contributed by atoms with E-state index in [2.05, 4.69) is 17.4 Å². The molecule has 8 heteroatoms. The highest BCUT2D eigenvalue weighted by atomic mass is 19.1. The van der Waals surface area contributed by atoms with Crippen LogP contribution in [-0.2, 0) is 31.1 Å². The number of carboxylic acid groups (broad SMARTS) is 1. The first-order valence-electron chi connectivity index (χ1n) is 11.7. The number of nitrogens with one attached hydrogen (secondary N) is 1. The van der Waals surface area contributed by atoms with E-state index in [1.54, 1.807) is 6.07 Å². The monoisotopic (exact) mass is 466 g/mol. The second-order valence-electron chi connectivity index (χ2n) is 8.79. The van der Waals surface area contributed by atoms with E-state index in [1.165, 1.54) is 24.8 Å². The van der Waals surface area contributed by atoms with Gasteiger partial charge in [-0.15, -0.1) is 0 Å². The lowest BCUT2D eigenvalue weighted by atomic mass is 9.94. The van der Waals surface area contributed by atoms with Crippen molar-refractivity contribution in [1.29, 1.82) is 0 Å². The Morgan fingerprint density at radius 1 is 1.21 bits per heavy atom. The fourth-order valence-electron chi connectivity index (χ4n) is 4.54. The molecule has 4 rings (SSSR count). The molecule has 3 heterocycles. The molecule has 1 aliphatic heterocycles. The number of carbonyl (C=O) groups is 1. The molecule has 7 nitrogen and oxygen atoms in total. The van der Waals surface area contributed by atoms with Gasteiger partial charge >= 0.3 is 5.97 Å². The molecule has 2 aromatic heterocycles. The third kappa shape index (κ3) is 5.55. The van der Waals surface area contributed by atoms with E-state index in [0.29, 0.717) is 11.4 Å². The molecule has 1 aliphatic rings. The number of aliphatic carboxylic acids is 1. The van der Waals surface area contributed by atoms with Crippen LogP contribution >= 0.6 is 0 Å². The zero-order valence-electron chi connectivity index (χ0n) is 19.7. The molecule has 0 bridgehead atoms. The molecule has 34 heavy (non-hydrogen) atoms. The van der Waals surface area contributed by atoms with Gasteiger partial charge in [0.05, 0.1) is 25.1 Å². The maximum atomic E-state index is 14.3. The number of aryl methyl sites for hydroxylation is 4. The number of hydrogen-bond donors (Lipinski definition) is 2. The van der Waals surface area contributed by atoms with Crippen molar-refractivity contribution in [1.82, 2.24) is 14.5 Å². The summed E-state index contributed by atoms with van der Waals surface area (Å²) < 4.78 is 21.1. The van der Waals surface area contributed by atoms with E-state index >= 15 is 0 Å². The molecule has 3 aromatic rings. The molecule has 0 fully saturated rings. The molecule has 1 atom stereocenters. The van der Waals surface area contributed by atoms with Crippen LogP contribution in [0.2, 0.25) is 0 Å². The van der Waals surface area contributed by atoms with Crippen LogP contribution in [0.3, 0.4) is 0 Å². The standard InChI is InChI=1S/C26H31FN4O3/c1-31-16-20(8-4-3-7-19-11-9-17-6-5-13-28-25(17)29-19)30-26(31)21(15-24(32)33)18-10-12-23(34-2)22(27)14-18/h9-12,14,16,21H,3-8,13,15H2,1-2H3,(H,28,29)(H,32,33)/t21-/m1/s1. The van der Waals surface area contributed by atoms with Gasteiger partial charge in [0.1, 0.15) is 11.6 Å². The summed E-state index contributed by atoms with van der Waals surface area (Å²) in [4.78, 5) is 21.0. The highest BCUT2D eigenvalue weighted by Crippen LogP contribution is 2.30. The Morgan fingerprint density at radius 2 is 2.00 bits per heavy atom. The van der Waals surface area contributed by atoms with Crippen molar-refractivity contribution >= 4 is 11.8 Å². The highest BCUT2D eigenvalue weighted by Gasteiger charge is 2.24. The number of fused-ring (bicyclic) bond motifs is 1. The number of methoxy groups -OCH3 is 1. The predicted octanol–water partition coefficient (Wildman–Crippen LogP) is 4.49. The van der Waals surface area contributed by atoms with Crippen molar-refractivity contribution in [2.45, 2.75) is 50.9 Å². The Labute approximate surface area is 199 Å². The van der Waals surface area contributed by atoms with Gasteiger partial charge in [-0.2, -0.15) is 0 Å². The lowest BCUT2D eigenvalue weighted by molar-refractivity contribution is -0.137. The van der Waals surface area contributed by atoms with Gasteiger partial charge < -0.3 is 19.7 Å². The minimum atomic E-state index is -0.960. The van der Waals surface area contributed by atoms with Crippen molar-refractivity contribution in [2.24, 2.45) is 7.05 Å². The number of benzene rings is 1. The van der Waals surface area contributed by atoms with E-state index in [-0.39, 0.29) is 12.2 Å². The van der Waals surface area contributed by atoms with Gasteiger partial charge in [0.25, 0.3) is 0 Å². The molecule has 0 saturated heterocycles. The second kappa shape index (κ2) is 10.7. The van der Waals surface area contributed by atoms with Crippen LogP contribution < -0.4 is 10.1 Å². The number of rotatable bonds is 10. The van der Waals surface area contributed by atoms with E-state index in [1.807, 2.05) is 17.8 Å². The van der Waals surface area contributed by atoms with Crippen LogP contribution in [0, 0.1) is 5.82 Å². The summed E-state index contributed by atoms with van der Waals surface area (Å²) in [6.07, 6.45) is 7.63. The van der Waals surface area contributed by atoms with E-state index in [0.717, 1.165) is 62.3 Å². The Hall–Kier alpha value is -3.42. The number of pyridine rings is 1. The molecular formula is C26H31FN4O3. The van der Waals surface area contributed by atoms with E-state index < -0.39 is 17.7 Å². The number of nitrogens with zero attached hydrogens (tertiary/aromatic N) is 3. The van der Waals surface area contributed by atoms with Crippen LogP contribution in [0.4, 0.5) is 10.2 Å². The first-order chi connectivity index (χ1) is 16.4. The zero-order valence-corrected chi connectivity index (χ0v) is 19.7. The quantitative estimate of drug-likeness (QED) is 0.428. The minimum Gasteiger partial charge on any atom is -0.494 e. The third-order valence-electron chi connectivity index (χ3n) is 6.30. The average molecular weight is 467 g/mol. The molecule has 0 spiro atoms. The second-order valence-corrected chi connectivity index (χ2v) is 8.79. The predicted molar refractivity (Wildman–Crippen MR) is 128 cm³/mol. The maximum absolute atomic E-state index is 14.3. The fourth-order valence-corrected chi connectivity index (χ4v) is 4.54. The summed E-state index contributed by atoms with van der Waals surface area (Å²) in [5, 5.41) is 12.8. The Balaban J connectivity index is 1.41. The van der Waals surface area contributed by atoms with Gasteiger partial charge in [0.2, 0.25) is 0 Å². The molecule has 0 saturated carbocycles. The van der Waals surface area contributed by atoms with E-state index in [4.69, 9.17) is 14.7 Å². The number of carboxylic acids is 1. The van der Waals surface area contributed by atoms with Crippen molar-refractivity contribution in [3.8, 4) is 5.75 Å². The summed E-state index contributed by atoms with van der Waals surface area (Å²) in [5.41, 5.74) is 3.86. The van der Waals surface area contributed by atoms with Crippen LogP contribution in [0.25, 0.3) is 0 Å². The van der Waals surface area contributed by atoms with Gasteiger partial charge in [0, 0.05) is 25.5 Å². The minimum absolute atomic E-state index is 0.127. The van der Waals surface area contributed by atoms with Crippen molar-refractivity contribution in [3.05, 3.63) is 70.7 Å². The van der Waals surface area contributed by atoms with Gasteiger partial charge in [-0.25, -0.2) is 14.4 Å². The highest BCUT2D eigenvalue weighted by molar-refractivity contribution is 5.68. The largest absolute Gasteiger partial charge is 0.494 e. The Kier molecular flexibility index (Phi) is 7.45. The first-order valence-corrected chi connectivity index (χ1v) is 11.7. The molecule has 0 unspecified atom stereocenters. The summed E-state index contributed by atoms with van der Waals surface area (Å²) in [6.45, 7) is 0.984. The number of hydrogen-bond acceptors (Lipinski definition) is 5. The molecule has 1 aromatic carbocycles. The number of ether oxygens (including phenoxy) is 1. The van der Waals surface area contributed by atoms with Gasteiger partial charge in [-0.05, 0) is 67.9 Å². The summed E-state index contributed by atoms with van der Waals surface area (Å²) in [7, 11) is 3.25. The van der Waals surface area contributed by atoms with Crippen LogP contribution in [0.15, 0.2) is 36.5 Å². The lowest BCUT2D eigenvalue weighted by Crippen LogP contribution is -2.14. The number of halogens is 1. The van der Waals surface area contributed by atoms with Gasteiger partial charge in [-0.3, -0.25) is 4.79 Å². The molecule has 0 radical (unpaired) electrons. The van der Waals surface area contributed by atoms with Crippen LogP contribution in [-0.4, -0.2) is 39.3 Å². The molecule has 0 aliphatic carbocycles. The number of anilines is 1. The summed E-state index contributed by atoms with van der Waals surface area (Å²) in [5.74, 6) is -0.262. The van der Waals surface area contributed by atoms with Gasteiger partial charge in [-0.1, -0.05) is 12.1 Å². The summed E-state index contributed by atoms with van der Waals surface area (Å²) in [6, 6.07) is 8.85. The fraction of sp³-hybridized carbons (Fsp3) is 0.423. The van der Waals surface area contributed by atoms with Crippen LogP contribution in [0.1, 0.15) is 59.9 Å². The van der Waals surface area contributed by atoms with Gasteiger partial charge in [0.15, 0.2) is 11.6 Å².